The molecule has 1 aliphatic heterocycles. The molecule has 1 atom stereocenters. The lowest BCUT2D eigenvalue weighted by Gasteiger charge is -2.41. The average Bonchev–Trinajstić information content (AvgIpc) is 2.46. The van der Waals surface area contributed by atoms with Crippen LogP contribution in [0.1, 0.15) is 13.8 Å². The normalized spacial score (nSPS) is 18.5. The summed E-state index contributed by atoms with van der Waals surface area (Å²) in [5.41, 5.74) is 0.824. The van der Waals surface area contributed by atoms with Crippen LogP contribution in [0, 0.1) is 10.1 Å². The predicted octanol–water partition coefficient (Wildman–Crippen LogP) is 1.66. The van der Waals surface area contributed by atoms with E-state index in [1.807, 2.05) is 6.92 Å². The van der Waals surface area contributed by atoms with Gasteiger partial charge in [0.2, 0.25) is 5.91 Å². The van der Waals surface area contributed by atoms with E-state index >= 15 is 0 Å². The number of nitro benzene ring substituents is 1. The maximum absolute atomic E-state index is 11.4. The molecule has 114 valence electrons. The molecule has 1 amide bonds. The minimum absolute atomic E-state index is 0.00521. The van der Waals surface area contributed by atoms with Crippen LogP contribution in [0.3, 0.4) is 0 Å². The first-order valence-corrected chi connectivity index (χ1v) is 6.78. The molecule has 0 bridgehead atoms. The summed E-state index contributed by atoms with van der Waals surface area (Å²) in [5.74, 6) is 0.546. The zero-order valence-corrected chi connectivity index (χ0v) is 12.4. The number of benzene rings is 1. The molecular formula is C14H19N3O4. The highest BCUT2D eigenvalue weighted by Crippen LogP contribution is 2.34. The summed E-state index contributed by atoms with van der Waals surface area (Å²) in [6.45, 7) is 5.54. The summed E-state index contributed by atoms with van der Waals surface area (Å²) >= 11 is 0. The van der Waals surface area contributed by atoms with Gasteiger partial charge in [0.1, 0.15) is 5.75 Å². The molecule has 0 N–H and O–H groups in total. The number of carbonyl (C=O) groups excluding carboxylic acids is 1. The Balaban J connectivity index is 2.26. The van der Waals surface area contributed by atoms with Gasteiger partial charge in [-0.1, -0.05) is 0 Å². The molecule has 21 heavy (non-hydrogen) atoms. The monoisotopic (exact) mass is 293 g/mol. The Labute approximate surface area is 123 Å². The number of amides is 1. The number of ether oxygens (including phenoxy) is 1. The lowest BCUT2D eigenvalue weighted by atomic mass is 10.1. The average molecular weight is 293 g/mol. The first kappa shape index (κ1) is 15.1. The lowest BCUT2D eigenvalue weighted by molar-refractivity contribution is -0.384. The maximum atomic E-state index is 11.4. The molecule has 1 heterocycles. The van der Waals surface area contributed by atoms with Crippen molar-refractivity contribution in [1.29, 1.82) is 0 Å². The van der Waals surface area contributed by atoms with Gasteiger partial charge in [-0.25, -0.2) is 0 Å². The van der Waals surface area contributed by atoms with Gasteiger partial charge in [0.05, 0.1) is 23.8 Å². The highest BCUT2D eigenvalue weighted by Gasteiger charge is 2.27. The molecule has 1 aromatic carbocycles. The van der Waals surface area contributed by atoms with Gasteiger partial charge in [0.15, 0.2) is 0 Å². The van der Waals surface area contributed by atoms with Crippen molar-refractivity contribution in [2.45, 2.75) is 19.9 Å². The molecule has 1 saturated heterocycles. The molecule has 1 aromatic rings. The minimum Gasteiger partial charge on any atom is -0.494 e. The number of non-ortho nitro benzene ring substituents is 1. The van der Waals surface area contributed by atoms with Crippen molar-refractivity contribution in [3.8, 4) is 5.75 Å². The van der Waals surface area contributed by atoms with Crippen LogP contribution in [0.25, 0.3) is 0 Å². The van der Waals surface area contributed by atoms with E-state index in [1.165, 1.54) is 19.2 Å². The molecule has 1 fully saturated rings. The quantitative estimate of drug-likeness (QED) is 0.626. The van der Waals surface area contributed by atoms with Crippen molar-refractivity contribution in [3.05, 3.63) is 28.3 Å². The number of rotatable bonds is 3. The van der Waals surface area contributed by atoms with Crippen LogP contribution < -0.4 is 9.64 Å². The summed E-state index contributed by atoms with van der Waals surface area (Å²) in [5, 5.41) is 10.8. The third kappa shape index (κ3) is 3.07. The van der Waals surface area contributed by atoms with E-state index in [0.717, 1.165) is 5.69 Å². The van der Waals surface area contributed by atoms with E-state index in [9.17, 15) is 14.9 Å². The molecule has 0 unspecified atom stereocenters. The summed E-state index contributed by atoms with van der Waals surface area (Å²) in [7, 11) is 1.50. The van der Waals surface area contributed by atoms with E-state index < -0.39 is 4.92 Å². The van der Waals surface area contributed by atoms with Crippen LogP contribution >= 0.6 is 0 Å². The molecule has 7 nitrogen and oxygen atoms in total. The van der Waals surface area contributed by atoms with E-state index in [4.69, 9.17) is 4.74 Å². The SMILES string of the molecule is COc1cc([N+](=O)[O-])ccc1N1CCN(C(C)=O)C[C@@H]1C. The topological polar surface area (TPSA) is 75.9 Å². The van der Waals surface area contributed by atoms with Gasteiger partial charge < -0.3 is 14.5 Å². The molecule has 1 aliphatic rings. The number of hydrogen-bond donors (Lipinski definition) is 0. The van der Waals surface area contributed by atoms with Crippen molar-refractivity contribution >= 4 is 17.3 Å². The van der Waals surface area contributed by atoms with Gasteiger partial charge in [0, 0.05) is 38.7 Å². The van der Waals surface area contributed by atoms with Gasteiger partial charge in [-0.2, -0.15) is 0 Å². The minimum atomic E-state index is -0.441. The number of carbonyl (C=O) groups is 1. The molecule has 0 aliphatic carbocycles. The van der Waals surface area contributed by atoms with Crippen molar-refractivity contribution in [3.63, 3.8) is 0 Å². The Bertz CT molecular complexity index is 561. The summed E-state index contributed by atoms with van der Waals surface area (Å²) in [6, 6.07) is 4.73. The molecule has 0 radical (unpaired) electrons. The second-order valence-electron chi connectivity index (χ2n) is 5.12. The highest BCUT2D eigenvalue weighted by molar-refractivity contribution is 5.74. The Morgan fingerprint density at radius 2 is 2.14 bits per heavy atom. The second kappa shape index (κ2) is 5.99. The van der Waals surface area contributed by atoms with Gasteiger partial charge in [-0.3, -0.25) is 14.9 Å². The number of anilines is 1. The first-order chi connectivity index (χ1) is 9.93. The zero-order valence-electron chi connectivity index (χ0n) is 12.4. The predicted molar refractivity (Wildman–Crippen MR) is 78.7 cm³/mol. The second-order valence-corrected chi connectivity index (χ2v) is 5.12. The van der Waals surface area contributed by atoms with Gasteiger partial charge in [-0.15, -0.1) is 0 Å². The third-order valence-electron chi connectivity index (χ3n) is 3.76. The third-order valence-corrected chi connectivity index (χ3v) is 3.76. The lowest BCUT2D eigenvalue weighted by Crippen LogP contribution is -2.53. The van der Waals surface area contributed by atoms with Crippen LogP contribution in [-0.4, -0.2) is 48.5 Å². The molecule has 7 heteroatoms. The van der Waals surface area contributed by atoms with Crippen molar-refractivity contribution in [2.24, 2.45) is 0 Å². The highest BCUT2D eigenvalue weighted by atomic mass is 16.6. The Hall–Kier alpha value is -2.31. The van der Waals surface area contributed by atoms with Gasteiger partial charge >= 0.3 is 0 Å². The smallest absolute Gasteiger partial charge is 0.273 e. The van der Waals surface area contributed by atoms with Gasteiger partial charge in [0.25, 0.3) is 5.69 Å². The molecule has 0 saturated carbocycles. The van der Waals surface area contributed by atoms with Crippen LogP contribution in [0.15, 0.2) is 18.2 Å². The first-order valence-electron chi connectivity index (χ1n) is 6.78. The van der Waals surface area contributed by atoms with Crippen LogP contribution in [0.2, 0.25) is 0 Å². The fraction of sp³-hybridized carbons (Fsp3) is 0.500. The Kier molecular flexibility index (Phi) is 4.30. The number of piperazine rings is 1. The van der Waals surface area contributed by atoms with Crippen LogP contribution in [0.5, 0.6) is 5.75 Å². The fourth-order valence-corrected chi connectivity index (χ4v) is 2.62. The number of hydrogen-bond acceptors (Lipinski definition) is 5. The summed E-state index contributed by atoms with van der Waals surface area (Å²) < 4.78 is 5.29. The van der Waals surface area contributed by atoms with E-state index in [1.54, 1.807) is 17.9 Å². The van der Waals surface area contributed by atoms with Crippen molar-refractivity contribution in [2.75, 3.05) is 31.6 Å². The van der Waals surface area contributed by atoms with Gasteiger partial charge in [-0.05, 0) is 13.0 Å². The number of nitrogens with zero attached hydrogens (tertiary/aromatic N) is 3. The van der Waals surface area contributed by atoms with Crippen molar-refractivity contribution < 1.29 is 14.5 Å². The van der Waals surface area contributed by atoms with E-state index in [2.05, 4.69) is 4.90 Å². The molecule has 0 spiro atoms. The maximum Gasteiger partial charge on any atom is 0.273 e. The number of nitro groups is 1. The summed E-state index contributed by atoms with van der Waals surface area (Å²) in [6.07, 6.45) is 0. The Morgan fingerprint density at radius 3 is 2.67 bits per heavy atom. The van der Waals surface area contributed by atoms with Crippen molar-refractivity contribution in [1.82, 2.24) is 4.90 Å². The standard InChI is InChI=1S/C14H19N3O4/c1-10-9-15(11(2)18)6-7-16(10)13-5-4-12(17(19)20)8-14(13)21-3/h4-5,8,10H,6-7,9H2,1-3H3/t10-/m0/s1. The molecular weight excluding hydrogens is 274 g/mol. The Morgan fingerprint density at radius 1 is 1.43 bits per heavy atom. The molecule has 0 aromatic heterocycles. The van der Waals surface area contributed by atoms with Crippen LogP contribution in [-0.2, 0) is 4.79 Å². The molecule has 2 rings (SSSR count). The fourth-order valence-electron chi connectivity index (χ4n) is 2.62. The zero-order chi connectivity index (χ0) is 15.6. The van der Waals surface area contributed by atoms with E-state index in [0.29, 0.717) is 25.4 Å². The van der Waals surface area contributed by atoms with E-state index in [-0.39, 0.29) is 17.6 Å². The van der Waals surface area contributed by atoms with Crippen LogP contribution in [0.4, 0.5) is 11.4 Å². The number of methoxy groups -OCH3 is 1. The largest absolute Gasteiger partial charge is 0.494 e. The summed E-state index contributed by atoms with van der Waals surface area (Å²) in [4.78, 5) is 25.7.